The predicted octanol–water partition coefficient (Wildman–Crippen LogP) is 2.25. The highest BCUT2D eigenvalue weighted by Gasteiger charge is 2.39. The summed E-state index contributed by atoms with van der Waals surface area (Å²) in [5.74, 6) is -0.469. The van der Waals surface area contributed by atoms with Gasteiger partial charge in [0.2, 0.25) is 5.91 Å². The Kier molecular flexibility index (Phi) is 4.88. The third-order valence-corrected chi connectivity index (χ3v) is 6.33. The van der Waals surface area contributed by atoms with Crippen molar-refractivity contribution in [1.29, 1.82) is 0 Å². The molecule has 0 aliphatic carbocycles. The van der Waals surface area contributed by atoms with Crippen LogP contribution in [0.1, 0.15) is 42.5 Å². The zero-order valence-corrected chi connectivity index (χ0v) is 16.0. The molecule has 3 rings (SSSR count). The zero-order valence-electron chi connectivity index (χ0n) is 15.2. The molecule has 1 aliphatic heterocycles. The number of aliphatic carboxylic acids is 1. The molecule has 8 heteroatoms. The van der Waals surface area contributed by atoms with Crippen LogP contribution in [0, 0.1) is 19.3 Å². The van der Waals surface area contributed by atoms with Gasteiger partial charge in [-0.1, -0.05) is 0 Å². The number of carbonyl (C=O) groups is 2. The summed E-state index contributed by atoms with van der Waals surface area (Å²) in [7, 11) is 0. The van der Waals surface area contributed by atoms with Crippen molar-refractivity contribution in [2.75, 3.05) is 13.1 Å². The highest BCUT2D eigenvalue weighted by molar-refractivity contribution is 7.18. The monoisotopic (exact) mass is 377 g/mol. The number of fused-ring (bicyclic) bond motifs is 1. The lowest BCUT2D eigenvalue weighted by Gasteiger charge is -2.37. The molecule has 0 bridgehead atoms. The van der Waals surface area contributed by atoms with E-state index in [2.05, 4.69) is 9.97 Å². The quantitative estimate of drug-likeness (QED) is 0.850. The van der Waals surface area contributed by atoms with Crippen LogP contribution < -0.4 is 5.56 Å². The van der Waals surface area contributed by atoms with E-state index in [1.54, 1.807) is 11.8 Å². The smallest absolute Gasteiger partial charge is 0.311 e. The van der Waals surface area contributed by atoms with E-state index in [4.69, 9.17) is 0 Å². The van der Waals surface area contributed by atoms with Gasteiger partial charge in [-0.3, -0.25) is 14.4 Å². The molecule has 1 saturated heterocycles. The summed E-state index contributed by atoms with van der Waals surface area (Å²) in [5, 5.41) is 10.00. The minimum absolute atomic E-state index is 0.0986. The standard InChI is InChI=1S/C18H23N3O4S/c1-10-11(2)26-16-14(10)15(23)19-12(20-16)5-6-13(22)21-8-4-7-18(3,9-21)17(24)25/h4-9H2,1-3H3,(H,24,25)(H,19,20,23). The molecule has 0 aromatic carbocycles. The lowest BCUT2D eigenvalue weighted by molar-refractivity contribution is -0.153. The van der Waals surface area contributed by atoms with Crippen molar-refractivity contribution >= 4 is 33.4 Å². The molecule has 140 valence electrons. The normalized spacial score (nSPS) is 20.5. The van der Waals surface area contributed by atoms with E-state index in [0.717, 1.165) is 10.4 Å². The largest absolute Gasteiger partial charge is 0.481 e. The van der Waals surface area contributed by atoms with E-state index in [1.165, 1.54) is 11.3 Å². The Balaban J connectivity index is 1.71. The number of piperidine rings is 1. The van der Waals surface area contributed by atoms with Crippen LogP contribution in [0.5, 0.6) is 0 Å². The Morgan fingerprint density at radius 2 is 2.12 bits per heavy atom. The average Bonchev–Trinajstić information content (AvgIpc) is 2.87. The molecule has 2 aromatic rings. The van der Waals surface area contributed by atoms with Gasteiger partial charge in [0.15, 0.2) is 0 Å². The first-order valence-corrected chi connectivity index (χ1v) is 9.53. The fraction of sp³-hybridized carbons (Fsp3) is 0.556. The Morgan fingerprint density at radius 1 is 1.38 bits per heavy atom. The van der Waals surface area contributed by atoms with Gasteiger partial charge >= 0.3 is 5.97 Å². The van der Waals surface area contributed by atoms with E-state index < -0.39 is 11.4 Å². The molecule has 1 amide bonds. The summed E-state index contributed by atoms with van der Waals surface area (Å²) in [4.78, 5) is 46.9. The number of hydrogen-bond acceptors (Lipinski definition) is 5. The van der Waals surface area contributed by atoms with Gasteiger partial charge in [0.05, 0.1) is 10.8 Å². The van der Waals surface area contributed by atoms with Gasteiger partial charge in [0.1, 0.15) is 10.7 Å². The van der Waals surface area contributed by atoms with Crippen LogP contribution in [0.3, 0.4) is 0 Å². The third kappa shape index (κ3) is 3.38. The molecule has 1 unspecified atom stereocenters. The minimum atomic E-state index is -0.884. The van der Waals surface area contributed by atoms with Crippen LogP contribution in [0.25, 0.3) is 10.2 Å². The van der Waals surface area contributed by atoms with Crippen LogP contribution in [0.4, 0.5) is 0 Å². The number of aromatic amines is 1. The van der Waals surface area contributed by atoms with Crippen LogP contribution >= 0.6 is 11.3 Å². The summed E-state index contributed by atoms with van der Waals surface area (Å²) >= 11 is 1.48. The van der Waals surface area contributed by atoms with Gasteiger partial charge < -0.3 is 15.0 Å². The highest BCUT2D eigenvalue weighted by atomic mass is 32.1. The molecule has 0 saturated carbocycles. The van der Waals surface area contributed by atoms with Crippen molar-refractivity contribution in [1.82, 2.24) is 14.9 Å². The number of carboxylic acid groups (broad SMARTS) is 1. The number of amides is 1. The van der Waals surface area contributed by atoms with Crippen molar-refractivity contribution in [2.45, 2.75) is 46.5 Å². The molecule has 1 aliphatic rings. The molecule has 1 atom stereocenters. The van der Waals surface area contributed by atoms with Gasteiger partial charge in [-0.2, -0.15) is 0 Å². The number of aryl methyl sites for hydroxylation is 3. The molecule has 0 spiro atoms. The third-order valence-electron chi connectivity index (χ3n) is 5.23. The molecular weight excluding hydrogens is 354 g/mol. The van der Waals surface area contributed by atoms with E-state index in [0.29, 0.717) is 41.8 Å². The van der Waals surface area contributed by atoms with Crippen LogP contribution in [0.2, 0.25) is 0 Å². The van der Waals surface area contributed by atoms with E-state index >= 15 is 0 Å². The molecule has 1 fully saturated rings. The number of rotatable bonds is 4. The zero-order chi connectivity index (χ0) is 19.1. The summed E-state index contributed by atoms with van der Waals surface area (Å²) in [6.45, 7) is 6.36. The first kappa shape index (κ1) is 18.6. The summed E-state index contributed by atoms with van der Waals surface area (Å²) in [5.41, 5.74) is -0.107. The van der Waals surface area contributed by atoms with Gasteiger partial charge in [0, 0.05) is 30.8 Å². The molecule has 3 heterocycles. The maximum Gasteiger partial charge on any atom is 0.311 e. The van der Waals surface area contributed by atoms with Gasteiger partial charge in [0.25, 0.3) is 5.56 Å². The van der Waals surface area contributed by atoms with E-state index in [-0.39, 0.29) is 24.4 Å². The fourth-order valence-corrected chi connectivity index (χ4v) is 4.48. The van der Waals surface area contributed by atoms with Crippen molar-refractivity contribution in [3.63, 3.8) is 0 Å². The average molecular weight is 377 g/mol. The van der Waals surface area contributed by atoms with Crippen LogP contribution in [-0.2, 0) is 16.0 Å². The second-order valence-electron chi connectivity index (χ2n) is 7.26. The number of H-pyrrole nitrogens is 1. The van der Waals surface area contributed by atoms with Crippen LogP contribution in [0.15, 0.2) is 4.79 Å². The summed E-state index contributed by atoms with van der Waals surface area (Å²) in [6, 6.07) is 0. The Hall–Kier alpha value is -2.22. The Bertz CT molecular complexity index is 932. The minimum Gasteiger partial charge on any atom is -0.481 e. The first-order valence-electron chi connectivity index (χ1n) is 8.71. The molecule has 0 radical (unpaired) electrons. The second-order valence-corrected chi connectivity index (χ2v) is 8.46. The Labute approximate surface area is 155 Å². The van der Waals surface area contributed by atoms with Gasteiger partial charge in [-0.25, -0.2) is 4.98 Å². The fourth-order valence-electron chi connectivity index (χ4n) is 3.43. The topological polar surface area (TPSA) is 103 Å². The van der Waals surface area contributed by atoms with Crippen molar-refractivity contribution < 1.29 is 14.7 Å². The molecular formula is C18H23N3O4S. The van der Waals surface area contributed by atoms with Gasteiger partial charge in [-0.15, -0.1) is 11.3 Å². The lowest BCUT2D eigenvalue weighted by Crippen LogP contribution is -2.48. The number of carboxylic acids is 1. The predicted molar refractivity (Wildman–Crippen MR) is 99.6 cm³/mol. The van der Waals surface area contributed by atoms with Crippen LogP contribution in [-0.4, -0.2) is 44.9 Å². The molecule has 26 heavy (non-hydrogen) atoms. The van der Waals surface area contributed by atoms with Gasteiger partial charge in [-0.05, 0) is 39.2 Å². The summed E-state index contributed by atoms with van der Waals surface area (Å²) < 4.78 is 0. The molecule has 7 nitrogen and oxygen atoms in total. The lowest BCUT2D eigenvalue weighted by atomic mass is 9.82. The van der Waals surface area contributed by atoms with E-state index in [1.807, 2.05) is 13.8 Å². The maximum atomic E-state index is 12.5. The number of likely N-dealkylation sites (tertiary alicyclic amines) is 1. The number of nitrogens with zero attached hydrogens (tertiary/aromatic N) is 2. The highest BCUT2D eigenvalue weighted by Crippen LogP contribution is 2.30. The van der Waals surface area contributed by atoms with Crippen molar-refractivity contribution in [3.8, 4) is 0 Å². The Morgan fingerprint density at radius 3 is 2.81 bits per heavy atom. The van der Waals surface area contributed by atoms with Crippen molar-refractivity contribution in [2.24, 2.45) is 5.41 Å². The first-order chi connectivity index (χ1) is 12.2. The number of hydrogen-bond donors (Lipinski definition) is 2. The number of carbonyl (C=O) groups excluding carboxylic acids is 1. The SMILES string of the molecule is Cc1sc2nc(CCC(=O)N3CCCC(C)(C(=O)O)C3)[nH]c(=O)c2c1C. The molecule has 2 N–H and O–H groups in total. The summed E-state index contributed by atoms with van der Waals surface area (Å²) in [6.07, 6.45) is 1.80. The van der Waals surface area contributed by atoms with Crippen molar-refractivity contribution in [3.05, 3.63) is 26.6 Å². The second kappa shape index (κ2) is 6.83. The molecule has 2 aromatic heterocycles. The number of thiophene rings is 1. The maximum absolute atomic E-state index is 12.5. The van der Waals surface area contributed by atoms with E-state index in [9.17, 15) is 19.5 Å². The number of aromatic nitrogens is 2. The number of nitrogens with one attached hydrogen (secondary N) is 1.